The Hall–Kier alpha value is -2.08. The Labute approximate surface area is 173 Å². The molecule has 0 spiro atoms. The van der Waals surface area contributed by atoms with Crippen LogP contribution in [0.25, 0.3) is 0 Å². The highest BCUT2D eigenvalue weighted by Gasteiger charge is 2.25. The number of thiophene rings is 1. The number of hydrogen-bond donors (Lipinski definition) is 0. The van der Waals surface area contributed by atoms with Gasteiger partial charge in [0.2, 0.25) is 0 Å². The van der Waals surface area contributed by atoms with E-state index in [-0.39, 0.29) is 0 Å². The van der Waals surface area contributed by atoms with Gasteiger partial charge in [0.15, 0.2) is 0 Å². The molecule has 0 N–H and O–H groups in total. The fraction of sp³-hybridized carbons (Fsp3) is 0.200. The van der Waals surface area contributed by atoms with Crippen LogP contribution in [-0.2, 0) is 0 Å². The zero-order chi connectivity index (χ0) is 19.6. The van der Waals surface area contributed by atoms with Gasteiger partial charge in [-0.15, -0.1) is 0 Å². The largest absolute Gasteiger partial charge is 0.495 e. The lowest BCUT2D eigenvalue weighted by atomic mass is 10.2. The van der Waals surface area contributed by atoms with E-state index in [1.165, 1.54) is 0 Å². The van der Waals surface area contributed by atoms with E-state index in [4.69, 9.17) is 32.7 Å². The Bertz CT molecular complexity index is 884. The number of hydrogen-bond acceptors (Lipinski definition) is 5. The molecular weight excluding hydrogens is 403 g/mol. The summed E-state index contributed by atoms with van der Waals surface area (Å²) >= 11 is 14.9. The van der Waals surface area contributed by atoms with Gasteiger partial charge in [0.1, 0.15) is 21.5 Å². The molecule has 0 aliphatic rings. The van der Waals surface area contributed by atoms with Crippen molar-refractivity contribution in [3.63, 3.8) is 0 Å². The molecule has 0 fully saturated rings. The van der Waals surface area contributed by atoms with E-state index in [1.54, 1.807) is 31.6 Å². The number of anilines is 4. The Morgan fingerprint density at radius 3 is 1.81 bits per heavy atom. The second-order valence-electron chi connectivity index (χ2n) is 5.99. The van der Waals surface area contributed by atoms with E-state index < -0.39 is 0 Å². The quantitative estimate of drug-likeness (QED) is 0.446. The molecule has 0 amide bonds. The van der Waals surface area contributed by atoms with E-state index in [9.17, 15) is 0 Å². The van der Waals surface area contributed by atoms with Crippen LogP contribution in [0.15, 0.2) is 47.2 Å². The summed E-state index contributed by atoms with van der Waals surface area (Å²) in [7, 11) is 7.15. The van der Waals surface area contributed by atoms with Crippen LogP contribution in [0, 0.1) is 0 Å². The van der Waals surface area contributed by atoms with Crippen molar-refractivity contribution in [1.29, 1.82) is 0 Å². The lowest BCUT2D eigenvalue weighted by molar-refractivity contribution is 0.395. The molecule has 0 aliphatic heterocycles. The summed E-state index contributed by atoms with van der Waals surface area (Å²) in [4.78, 5) is 4.05. The SMILES string of the molecule is COc1cc(OC)c(Cl)c(N(c2ccc(N(C)C)cc2)c2ccsc2)c1Cl. The normalized spacial score (nSPS) is 10.6. The zero-order valence-electron chi connectivity index (χ0n) is 15.5. The minimum Gasteiger partial charge on any atom is -0.495 e. The summed E-state index contributed by atoms with van der Waals surface area (Å²) in [5.74, 6) is 0.996. The van der Waals surface area contributed by atoms with Crippen molar-refractivity contribution in [1.82, 2.24) is 0 Å². The summed E-state index contributed by atoms with van der Waals surface area (Å²) in [6.45, 7) is 0. The van der Waals surface area contributed by atoms with Crippen LogP contribution in [0.2, 0.25) is 10.0 Å². The third-order valence-electron chi connectivity index (χ3n) is 4.16. The molecule has 0 bridgehead atoms. The van der Waals surface area contributed by atoms with Crippen molar-refractivity contribution in [2.45, 2.75) is 0 Å². The maximum absolute atomic E-state index is 6.67. The summed E-state index contributed by atoms with van der Waals surface area (Å²) in [5.41, 5.74) is 3.60. The van der Waals surface area contributed by atoms with Crippen LogP contribution >= 0.6 is 34.5 Å². The van der Waals surface area contributed by atoms with Gasteiger partial charge in [-0.3, -0.25) is 0 Å². The second kappa shape index (κ2) is 8.30. The molecule has 142 valence electrons. The molecule has 3 rings (SSSR count). The van der Waals surface area contributed by atoms with Crippen LogP contribution in [0.5, 0.6) is 11.5 Å². The minimum absolute atomic E-state index is 0.422. The molecule has 0 unspecified atom stereocenters. The van der Waals surface area contributed by atoms with Gasteiger partial charge in [-0.2, -0.15) is 11.3 Å². The van der Waals surface area contributed by atoms with Gasteiger partial charge in [0.25, 0.3) is 0 Å². The monoisotopic (exact) mass is 422 g/mol. The summed E-state index contributed by atoms with van der Waals surface area (Å²) in [6.07, 6.45) is 0. The molecule has 0 radical (unpaired) electrons. The predicted molar refractivity (Wildman–Crippen MR) is 116 cm³/mol. The van der Waals surface area contributed by atoms with Crippen LogP contribution < -0.4 is 19.3 Å². The fourth-order valence-corrected chi connectivity index (χ4v) is 4.05. The second-order valence-corrected chi connectivity index (χ2v) is 7.52. The summed E-state index contributed by atoms with van der Waals surface area (Å²) in [5, 5.41) is 4.89. The average molecular weight is 423 g/mol. The minimum atomic E-state index is 0.422. The van der Waals surface area contributed by atoms with E-state index in [2.05, 4.69) is 0 Å². The van der Waals surface area contributed by atoms with Gasteiger partial charge in [0, 0.05) is 36.9 Å². The van der Waals surface area contributed by atoms with Crippen LogP contribution in [0.1, 0.15) is 0 Å². The highest BCUT2D eigenvalue weighted by Crippen LogP contribution is 2.50. The molecule has 0 atom stereocenters. The molecular formula is C20H20Cl2N2O2S. The first kappa shape index (κ1) is 19.7. The number of rotatable bonds is 6. The van der Waals surface area contributed by atoms with Gasteiger partial charge >= 0.3 is 0 Å². The smallest absolute Gasteiger partial charge is 0.143 e. The van der Waals surface area contributed by atoms with Gasteiger partial charge in [0.05, 0.1) is 25.6 Å². The standard InChI is InChI=1S/C20H20Cl2N2O2S/c1-23(2)13-5-7-14(8-6-13)24(15-9-10-27-12-15)20-18(21)16(25-3)11-17(26-4)19(20)22/h5-12H,1-4H3. The van der Waals surface area contributed by atoms with Crippen LogP contribution in [0.4, 0.5) is 22.7 Å². The molecule has 0 aliphatic carbocycles. The third-order valence-corrected chi connectivity index (χ3v) is 5.56. The van der Waals surface area contributed by atoms with E-state index >= 15 is 0 Å². The van der Waals surface area contributed by atoms with Crippen LogP contribution in [-0.4, -0.2) is 28.3 Å². The molecule has 4 nitrogen and oxygen atoms in total. The third kappa shape index (κ3) is 3.81. The topological polar surface area (TPSA) is 24.9 Å². The molecule has 7 heteroatoms. The molecule has 2 aromatic carbocycles. The molecule has 1 heterocycles. The number of benzene rings is 2. The highest BCUT2D eigenvalue weighted by atomic mass is 35.5. The van der Waals surface area contributed by atoms with Crippen molar-refractivity contribution < 1.29 is 9.47 Å². The van der Waals surface area contributed by atoms with Crippen molar-refractivity contribution in [3.05, 3.63) is 57.2 Å². The first-order valence-electron chi connectivity index (χ1n) is 8.17. The maximum Gasteiger partial charge on any atom is 0.143 e. The first-order valence-corrected chi connectivity index (χ1v) is 9.87. The average Bonchev–Trinajstić information content (AvgIpc) is 3.19. The number of nitrogens with zero attached hydrogens (tertiary/aromatic N) is 2. The zero-order valence-corrected chi connectivity index (χ0v) is 17.8. The van der Waals surface area contributed by atoms with Crippen molar-refractivity contribution in [2.24, 2.45) is 0 Å². The number of halogens is 2. The van der Waals surface area contributed by atoms with E-state index in [0.717, 1.165) is 17.1 Å². The maximum atomic E-state index is 6.67. The van der Waals surface area contributed by atoms with Crippen molar-refractivity contribution in [3.8, 4) is 11.5 Å². The Balaban J connectivity index is 2.24. The molecule has 1 aromatic heterocycles. The van der Waals surface area contributed by atoms with Crippen molar-refractivity contribution >= 4 is 57.3 Å². The van der Waals surface area contributed by atoms with Crippen molar-refractivity contribution in [2.75, 3.05) is 38.1 Å². The van der Waals surface area contributed by atoms with Gasteiger partial charge in [-0.1, -0.05) is 23.2 Å². The summed E-state index contributed by atoms with van der Waals surface area (Å²) < 4.78 is 10.9. The molecule has 3 aromatic rings. The Morgan fingerprint density at radius 1 is 0.815 bits per heavy atom. The van der Waals surface area contributed by atoms with E-state index in [0.29, 0.717) is 27.2 Å². The lowest BCUT2D eigenvalue weighted by Gasteiger charge is -2.28. The van der Waals surface area contributed by atoms with Gasteiger partial charge in [-0.05, 0) is 35.7 Å². The lowest BCUT2D eigenvalue weighted by Crippen LogP contribution is -2.12. The van der Waals surface area contributed by atoms with Crippen LogP contribution in [0.3, 0.4) is 0 Å². The number of ether oxygens (including phenoxy) is 2. The molecule has 0 saturated carbocycles. The summed E-state index contributed by atoms with van der Waals surface area (Å²) in [6, 6.07) is 11.9. The van der Waals surface area contributed by atoms with Gasteiger partial charge < -0.3 is 19.3 Å². The highest BCUT2D eigenvalue weighted by molar-refractivity contribution is 7.08. The Morgan fingerprint density at radius 2 is 1.37 bits per heavy atom. The molecule has 27 heavy (non-hydrogen) atoms. The predicted octanol–water partition coefficient (Wildman–Crippen LogP) is 6.61. The van der Waals surface area contributed by atoms with Gasteiger partial charge in [-0.25, -0.2) is 0 Å². The Kier molecular flexibility index (Phi) is 6.05. The first-order chi connectivity index (χ1) is 13.0. The fourth-order valence-electron chi connectivity index (χ4n) is 2.76. The number of methoxy groups -OCH3 is 2. The van der Waals surface area contributed by atoms with E-state index in [1.807, 2.05) is 65.0 Å². The molecule has 0 saturated heterocycles.